The van der Waals surface area contributed by atoms with Crippen LogP contribution in [0.3, 0.4) is 0 Å². The monoisotopic (exact) mass is 223 g/mol. The van der Waals surface area contributed by atoms with Gasteiger partial charge >= 0.3 is 6.03 Å². The molecule has 0 radical (unpaired) electrons. The van der Waals surface area contributed by atoms with Crippen LogP contribution in [0.2, 0.25) is 0 Å². The van der Waals surface area contributed by atoms with Crippen molar-refractivity contribution in [1.29, 1.82) is 0 Å². The van der Waals surface area contributed by atoms with Gasteiger partial charge in [0.1, 0.15) is 5.76 Å². The minimum atomic E-state index is 0.0347. The van der Waals surface area contributed by atoms with Gasteiger partial charge in [-0.3, -0.25) is 0 Å². The Labute approximate surface area is 94.8 Å². The Morgan fingerprint density at radius 2 is 2.56 bits per heavy atom. The van der Waals surface area contributed by atoms with E-state index in [1.807, 2.05) is 24.0 Å². The molecule has 1 fully saturated rings. The average Bonchev–Trinajstić information content (AvgIpc) is 2.90. The molecule has 1 aliphatic heterocycles. The predicted molar refractivity (Wildman–Crippen MR) is 60.1 cm³/mol. The summed E-state index contributed by atoms with van der Waals surface area (Å²) >= 11 is 0. The number of rotatable bonds is 5. The molecule has 2 amide bonds. The molecule has 0 bridgehead atoms. The zero-order valence-corrected chi connectivity index (χ0v) is 9.40. The van der Waals surface area contributed by atoms with E-state index < -0.39 is 0 Å². The fourth-order valence-electron chi connectivity index (χ4n) is 1.78. The van der Waals surface area contributed by atoms with Crippen LogP contribution in [-0.2, 0) is 0 Å². The van der Waals surface area contributed by atoms with E-state index in [-0.39, 0.29) is 12.1 Å². The summed E-state index contributed by atoms with van der Waals surface area (Å²) in [5.74, 6) is 0.922. The van der Waals surface area contributed by atoms with Gasteiger partial charge in [-0.1, -0.05) is 0 Å². The molecule has 0 spiro atoms. The van der Waals surface area contributed by atoms with Gasteiger partial charge in [-0.2, -0.15) is 0 Å². The summed E-state index contributed by atoms with van der Waals surface area (Å²) in [4.78, 5) is 13.1. The molecule has 5 heteroatoms. The number of carbonyl (C=O) groups is 1. The molecule has 2 N–H and O–H groups in total. The standard InChI is InChI=1S/C11H17N3O2/c1-9(10-3-2-8-16-10)12-4-6-14-7-5-13-11(14)15/h2-3,8-9,12H,4-7H2,1H3,(H,13,15). The first-order valence-electron chi connectivity index (χ1n) is 5.57. The zero-order valence-electron chi connectivity index (χ0n) is 9.40. The molecule has 1 aromatic heterocycles. The quantitative estimate of drug-likeness (QED) is 0.781. The summed E-state index contributed by atoms with van der Waals surface area (Å²) in [7, 11) is 0. The summed E-state index contributed by atoms with van der Waals surface area (Å²) in [5.41, 5.74) is 0. The van der Waals surface area contributed by atoms with E-state index >= 15 is 0 Å². The topological polar surface area (TPSA) is 57.5 Å². The maximum absolute atomic E-state index is 11.2. The fourth-order valence-corrected chi connectivity index (χ4v) is 1.78. The lowest BCUT2D eigenvalue weighted by molar-refractivity contribution is 0.217. The predicted octanol–water partition coefficient (Wildman–Crippen LogP) is 0.955. The molecule has 1 aromatic rings. The third-order valence-electron chi connectivity index (χ3n) is 2.75. The summed E-state index contributed by atoms with van der Waals surface area (Å²) in [6.07, 6.45) is 1.67. The van der Waals surface area contributed by atoms with E-state index in [0.29, 0.717) is 0 Å². The Hall–Kier alpha value is -1.49. The molecule has 2 heterocycles. The van der Waals surface area contributed by atoms with E-state index in [4.69, 9.17) is 4.42 Å². The van der Waals surface area contributed by atoms with Crippen LogP contribution in [0, 0.1) is 0 Å². The zero-order chi connectivity index (χ0) is 11.4. The van der Waals surface area contributed by atoms with Crippen LogP contribution >= 0.6 is 0 Å². The number of hydrogen-bond acceptors (Lipinski definition) is 3. The Morgan fingerprint density at radius 1 is 1.69 bits per heavy atom. The van der Waals surface area contributed by atoms with Gasteiger partial charge in [0.2, 0.25) is 0 Å². The first-order valence-corrected chi connectivity index (χ1v) is 5.57. The Kier molecular flexibility index (Phi) is 3.46. The highest BCUT2D eigenvalue weighted by Crippen LogP contribution is 2.11. The van der Waals surface area contributed by atoms with Crippen molar-refractivity contribution in [3.8, 4) is 0 Å². The van der Waals surface area contributed by atoms with Gasteiger partial charge in [-0.15, -0.1) is 0 Å². The molecule has 88 valence electrons. The summed E-state index contributed by atoms with van der Waals surface area (Å²) < 4.78 is 5.28. The van der Waals surface area contributed by atoms with Crippen molar-refractivity contribution < 1.29 is 9.21 Å². The third kappa shape index (κ3) is 2.55. The van der Waals surface area contributed by atoms with E-state index in [2.05, 4.69) is 10.6 Å². The van der Waals surface area contributed by atoms with Crippen LogP contribution in [0.25, 0.3) is 0 Å². The average molecular weight is 223 g/mol. The van der Waals surface area contributed by atoms with E-state index in [1.165, 1.54) is 0 Å². The molecule has 0 saturated carbocycles. The summed E-state index contributed by atoms with van der Waals surface area (Å²) in [6.45, 7) is 5.11. The number of furan rings is 1. The van der Waals surface area contributed by atoms with Crippen molar-refractivity contribution >= 4 is 6.03 Å². The van der Waals surface area contributed by atoms with Gasteiger partial charge in [0.05, 0.1) is 12.3 Å². The number of hydrogen-bond donors (Lipinski definition) is 2. The molecular weight excluding hydrogens is 206 g/mol. The van der Waals surface area contributed by atoms with Gasteiger partial charge in [0.25, 0.3) is 0 Å². The third-order valence-corrected chi connectivity index (χ3v) is 2.75. The minimum Gasteiger partial charge on any atom is -0.468 e. The van der Waals surface area contributed by atoms with Gasteiger partial charge < -0.3 is 20.0 Å². The van der Waals surface area contributed by atoms with Crippen LogP contribution < -0.4 is 10.6 Å². The second kappa shape index (κ2) is 5.03. The first-order chi connectivity index (χ1) is 7.77. The van der Waals surface area contributed by atoms with Crippen LogP contribution in [0.5, 0.6) is 0 Å². The summed E-state index contributed by atoms with van der Waals surface area (Å²) in [6, 6.07) is 4.04. The second-order valence-corrected chi connectivity index (χ2v) is 3.91. The second-order valence-electron chi connectivity index (χ2n) is 3.91. The van der Waals surface area contributed by atoms with Crippen molar-refractivity contribution in [2.24, 2.45) is 0 Å². The van der Waals surface area contributed by atoms with Crippen LogP contribution in [-0.4, -0.2) is 37.1 Å². The van der Waals surface area contributed by atoms with E-state index in [1.54, 1.807) is 6.26 Å². The summed E-state index contributed by atoms with van der Waals surface area (Å²) in [5, 5.41) is 6.09. The van der Waals surface area contributed by atoms with Crippen molar-refractivity contribution in [2.75, 3.05) is 26.2 Å². The molecule has 1 unspecified atom stereocenters. The SMILES string of the molecule is CC(NCCN1CCNC1=O)c1ccco1. The van der Waals surface area contributed by atoms with Crippen LogP contribution in [0.15, 0.2) is 22.8 Å². The smallest absolute Gasteiger partial charge is 0.317 e. The highest BCUT2D eigenvalue weighted by atomic mass is 16.3. The molecule has 2 rings (SSSR count). The van der Waals surface area contributed by atoms with Crippen molar-refractivity contribution in [3.05, 3.63) is 24.2 Å². The lowest BCUT2D eigenvalue weighted by Crippen LogP contribution is -2.35. The van der Waals surface area contributed by atoms with Crippen molar-refractivity contribution in [1.82, 2.24) is 15.5 Å². The Bertz CT molecular complexity index is 337. The Morgan fingerprint density at radius 3 is 3.19 bits per heavy atom. The van der Waals surface area contributed by atoms with Gasteiger partial charge in [0.15, 0.2) is 0 Å². The highest BCUT2D eigenvalue weighted by Gasteiger charge is 2.18. The van der Waals surface area contributed by atoms with Crippen LogP contribution in [0.1, 0.15) is 18.7 Å². The minimum absolute atomic E-state index is 0.0347. The normalized spacial score (nSPS) is 17.6. The molecule has 0 aromatic carbocycles. The molecule has 16 heavy (non-hydrogen) atoms. The number of amides is 2. The van der Waals surface area contributed by atoms with Gasteiger partial charge in [-0.05, 0) is 19.1 Å². The van der Waals surface area contributed by atoms with E-state index in [9.17, 15) is 4.79 Å². The molecule has 1 aliphatic rings. The first kappa shape index (κ1) is 11.0. The molecule has 0 aliphatic carbocycles. The lowest BCUT2D eigenvalue weighted by atomic mass is 10.2. The number of urea groups is 1. The molecule has 1 atom stereocenters. The van der Waals surface area contributed by atoms with Gasteiger partial charge in [-0.25, -0.2) is 4.79 Å². The Balaban J connectivity index is 1.70. The van der Waals surface area contributed by atoms with Crippen LogP contribution in [0.4, 0.5) is 4.79 Å². The maximum Gasteiger partial charge on any atom is 0.317 e. The largest absolute Gasteiger partial charge is 0.468 e. The van der Waals surface area contributed by atoms with Crippen molar-refractivity contribution in [2.45, 2.75) is 13.0 Å². The van der Waals surface area contributed by atoms with Crippen molar-refractivity contribution in [3.63, 3.8) is 0 Å². The lowest BCUT2D eigenvalue weighted by Gasteiger charge is -2.16. The number of carbonyl (C=O) groups excluding carboxylic acids is 1. The molecular formula is C11H17N3O2. The van der Waals surface area contributed by atoms with Gasteiger partial charge in [0, 0.05) is 26.2 Å². The molecule has 5 nitrogen and oxygen atoms in total. The number of nitrogens with zero attached hydrogens (tertiary/aromatic N) is 1. The maximum atomic E-state index is 11.2. The molecule has 1 saturated heterocycles. The van der Waals surface area contributed by atoms with E-state index in [0.717, 1.165) is 31.9 Å². The highest BCUT2D eigenvalue weighted by molar-refractivity contribution is 5.76. The fraction of sp³-hybridized carbons (Fsp3) is 0.545. The number of nitrogens with one attached hydrogen (secondary N) is 2.